The number of nitrogens with one attached hydrogen (secondary N) is 1. The normalized spacial score (nSPS) is 19.3. The predicted octanol–water partition coefficient (Wildman–Crippen LogP) is 2.48. The van der Waals surface area contributed by atoms with Crippen LogP contribution in [0.15, 0.2) is 24.3 Å². The topological polar surface area (TPSA) is 49.4 Å². The summed E-state index contributed by atoms with van der Waals surface area (Å²) in [5.74, 6) is -0.629. The van der Waals surface area contributed by atoms with Crippen molar-refractivity contribution in [2.24, 2.45) is 5.92 Å². The Labute approximate surface area is 130 Å². The summed E-state index contributed by atoms with van der Waals surface area (Å²) in [4.78, 5) is 26.0. The van der Waals surface area contributed by atoms with Crippen molar-refractivity contribution in [1.82, 2.24) is 10.2 Å². The monoisotopic (exact) mass is 306 g/mol. The molecule has 0 aliphatic carbocycles. The summed E-state index contributed by atoms with van der Waals surface area (Å²) in [6.07, 6.45) is 2.26. The van der Waals surface area contributed by atoms with E-state index in [2.05, 4.69) is 12.2 Å². The van der Waals surface area contributed by atoms with Gasteiger partial charge < -0.3 is 10.2 Å². The van der Waals surface area contributed by atoms with Gasteiger partial charge in [-0.15, -0.1) is 0 Å². The number of amides is 2. The zero-order valence-electron chi connectivity index (χ0n) is 13.1. The fourth-order valence-corrected chi connectivity index (χ4v) is 2.84. The molecule has 1 aliphatic heterocycles. The number of halogens is 1. The van der Waals surface area contributed by atoms with Crippen LogP contribution < -0.4 is 5.32 Å². The Morgan fingerprint density at radius 1 is 1.41 bits per heavy atom. The second-order valence-electron chi connectivity index (χ2n) is 5.93. The van der Waals surface area contributed by atoms with Gasteiger partial charge in [-0.3, -0.25) is 9.59 Å². The minimum Gasteiger partial charge on any atom is -0.352 e. The summed E-state index contributed by atoms with van der Waals surface area (Å²) in [5, 5.41) is 2.83. The van der Waals surface area contributed by atoms with Gasteiger partial charge in [-0.2, -0.15) is 0 Å². The van der Waals surface area contributed by atoms with E-state index in [9.17, 15) is 14.0 Å². The first kappa shape index (κ1) is 16.5. The number of rotatable bonds is 6. The van der Waals surface area contributed by atoms with Crippen LogP contribution in [0, 0.1) is 11.7 Å². The Balaban J connectivity index is 1.85. The van der Waals surface area contributed by atoms with E-state index in [-0.39, 0.29) is 36.0 Å². The van der Waals surface area contributed by atoms with Crippen LogP contribution >= 0.6 is 0 Å². The Hall–Kier alpha value is -1.91. The maximum Gasteiger partial charge on any atom is 0.225 e. The van der Waals surface area contributed by atoms with Gasteiger partial charge in [-0.25, -0.2) is 4.39 Å². The molecule has 0 unspecified atom stereocenters. The SMILES string of the molecule is CCC[C@@H](C)N1C[C@@H](C(=O)NCc2ccc(F)cc2)CC1=O. The molecule has 1 heterocycles. The van der Waals surface area contributed by atoms with E-state index in [1.54, 1.807) is 12.1 Å². The molecule has 0 saturated carbocycles. The summed E-state index contributed by atoms with van der Waals surface area (Å²) in [7, 11) is 0. The van der Waals surface area contributed by atoms with Crippen LogP contribution in [0.5, 0.6) is 0 Å². The molecule has 4 nitrogen and oxygen atoms in total. The van der Waals surface area contributed by atoms with Crippen LogP contribution in [0.1, 0.15) is 38.7 Å². The first-order valence-electron chi connectivity index (χ1n) is 7.83. The van der Waals surface area contributed by atoms with Gasteiger partial charge in [0.15, 0.2) is 0 Å². The molecule has 1 N–H and O–H groups in total. The molecule has 2 amide bonds. The smallest absolute Gasteiger partial charge is 0.225 e. The molecule has 0 bridgehead atoms. The molecular weight excluding hydrogens is 283 g/mol. The van der Waals surface area contributed by atoms with Crippen LogP contribution in [-0.2, 0) is 16.1 Å². The fourth-order valence-electron chi connectivity index (χ4n) is 2.84. The van der Waals surface area contributed by atoms with Gasteiger partial charge in [0.05, 0.1) is 5.92 Å². The van der Waals surface area contributed by atoms with Crippen molar-refractivity contribution in [3.05, 3.63) is 35.6 Å². The number of nitrogens with zero attached hydrogens (tertiary/aromatic N) is 1. The second-order valence-corrected chi connectivity index (χ2v) is 5.93. The molecule has 0 aromatic heterocycles. The average Bonchev–Trinajstić information content (AvgIpc) is 2.89. The van der Waals surface area contributed by atoms with Crippen molar-refractivity contribution in [1.29, 1.82) is 0 Å². The first-order valence-corrected chi connectivity index (χ1v) is 7.83. The van der Waals surface area contributed by atoms with E-state index in [0.717, 1.165) is 18.4 Å². The molecule has 2 rings (SSSR count). The highest BCUT2D eigenvalue weighted by molar-refractivity contribution is 5.89. The predicted molar refractivity (Wildman–Crippen MR) is 82.4 cm³/mol. The molecule has 0 radical (unpaired) electrons. The quantitative estimate of drug-likeness (QED) is 0.878. The zero-order chi connectivity index (χ0) is 16.1. The van der Waals surface area contributed by atoms with Gasteiger partial charge in [0.25, 0.3) is 0 Å². The van der Waals surface area contributed by atoms with E-state index in [0.29, 0.717) is 13.1 Å². The van der Waals surface area contributed by atoms with Crippen LogP contribution in [0.4, 0.5) is 4.39 Å². The zero-order valence-corrected chi connectivity index (χ0v) is 13.1. The van der Waals surface area contributed by atoms with E-state index >= 15 is 0 Å². The van der Waals surface area contributed by atoms with Gasteiger partial charge in [0.1, 0.15) is 5.82 Å². The molecule has 1 aromatic carbocycles. The van der Waals surface area contributed by atoms with Crippen molar-refractivity contribution >= 4 is 11.8 Å². The first-order chi connectivity index (χ1) is 10.5. The number of likely N-dealkylation sites (tertiary alicyclic amines) is 1. The molecule has 1 aliphatic rings. The highest BCUT2D eigenvalue weighted by Crippen LogP contribution is 2.22. The third-order valence-corrected chi connectivity index (χ3v) is 4.15. The fraction of sp³-hybridized carbons (Fsp3) is 0.529. The standard InChI is InChI=1S/C17H23FN2O2/c1-3-4-12(2)20-11-14(9-16(20)21)17(22)19-10-13-5-7-15(18)8-6-13/h5-8,12,14H,3-4,9-11H2,1-2H3,(H,19,22)/t12-,14+/m1/s1. The van der Waals surface area contributed by atoms with Crippen LogP contribution in [0.2, 0.25) is 0 Å². The summed E-state index contributed by atoms with van der Waals surface area (Å²) in [6, 6.07) is 6.21. The van der Waals surface area contributed by atoms with Gasteiger partial charge in [-0.05, 0) is 31.0 Å². The lowest BCUT2D eigenvalue weighted by molar-refractivity contribution is -0.130. The van der Waals surface area contributed by atoms with Crippen molar-refractivity contribution < 1.29 is 14.0 Å². The number of carbonyl (C=O) groups excluding carboxylic acids is 2. The third kappa shape index (κ3) is 4.06. The molecule has 2 atom stereocenters. The Morgan fingerprint density at radius 2 is 2.09 bits per heavy atom. The maximum absolute atomic E-state index is 12.8. The lowest BCUT2D eigenvalue weighted by atomic mass is 10.1. The summed E-state index contributed by atoms with van der Waals surface area (Å²) in [5.41, 5.74) is 0.843. The highest BCUT2D eigenvalue weighted by Gasteiger charge is 2.36. The maximum atomic E-state index is 12.8. The number of benzene rings is 1. The molecule has 120 valence electrons. The van der Waals surface area contributed by atoms with Gasteiger partial charge >= 0.3 is 0 Å². The Morgan fingerprint density at radius 3 is 2.73 bits per heavy atom. The molecule has 22 heavy (non-hydrogen) atoms. The van der Waals surface area contributed by atoms with Gasteiger partial charge in [0.2, 0.25) is 11.8 Å². The van der Waals surface area contributed by atoms with Gasteiger partial charge in [-0.1, -0.05) is 25.5 Å². The lowest BCUT2D eigenvalue weighted by Gasteiger charge is -2.24. The molecule has 1 saturated heterocycles. The lowest BCUT2D eigenvalue weighted by Crippen LogP contribution is -2.36. The van der Waals surface area contributed by atoms with E-state index in [1.165, 1.54) is 12.1 Å². The van der Waals surface area contributed by atoms with E-state index in [1.807, 2.05) is 11.8 Å². The number of hydrogen-bond acceptors (Lipinski definition) is 2. The number of carbonyl (C=O) groups is 2. The van der Waals surface area contributed by atoms with E-state index in [4.69, 9.17) is 0 Å². The van der Waals surface area contributed by atoms with Crippen LogP contribution in [0.25, 0.3) is 0 Å². The minimum atomic E-state index is -0.294. The highest BCUT2D eigenvalue weighted by atomic mass is 19.1. The second kappa shape index (κ2) is 7.38. The van der Waals surface area contributed by atoms with Crippen molar-refractivity contribution in [2.45, 2.75) is 45.7 Å². The molecular formula is C17H23FN2O2. The Kier molecular flexibility index (Phi) is 5.52. The van der Waals surface area contributed by atoms with Crippen molar-refractivity contribution in [2.75, 3.05) is 6.54 Å². The Bertz CT molecular complexity index is 530. The average molecular weight is 306 g/mol. The molecule has 5 heteroatoms. The van der Waals surface area contributed by atoms with Crippen LogP contribution in [0.3, 0.4) is 0 Å². The summed E-state index contributed by atoms with van der Waals surface area (Å²) >= 11 is 0. The third-order valence-electron chi connectivity index (χ3n) is 4.15. The largest absolute Gasteiger partial charge is 0.352 e. The van der Waals surface area contributed by atoms with Crippen molar-refractivity contribution in [3.8, 4) is 0 Å². The van der Waals surface area contributed by atoms with Gasteiger partial charge in [0, 0.05) is 25.6 Å². The molecule has 1 aromatic rings. The van der Waals surface area contributed by atoms with Crippen molar-refractivity contribution in [3.63, 3.8) is 0 Å². The molecule has 1 fully saturated rings. The summed E-state index contributed by atoms with van der Waals surface area (Å²) < 4.78 is 12.8. The van der Waals surface area contributed by atoms with E-state index < -0.39 is 0 Å². The molecule has 0 spiro atoms. The summed E-state index contributed by atoms with van der Waals surface area (Å²) in [6.45, 7) is 4.97. The van der Waals surface area contributed by atoms with Crippen LogP contribution in [-0.4, -0.2) is 29.3 Å². The number of hydrogen-bond donors (Lipinski definition) is 1. The minimum absolute atomic E-state index is 0.0582.